The molecule has 0 aliphatic heterocycles. The first kappa shape index (κ1) is 12.3. The fourth-order valence-corrected chi connectivity index (χ4v) is 2.50. The van der Waals surface area contributed by atoms with Gasteiger partial charge in [-0.15, -0.1) is 0 Å². The van der Waals surface area contributed by atoms with Crippen LogP contribution in [0.5, 0.6) is 5.88 Å². The molecule has 0 fully saturated rings. The second-order valence-corrected chi connectivity index (χ2v) is 4.66. The van der Waals surface area contributed by atoms with E-state index < -0.39 is 0 Å². The van der Waals surface area contributed by atoms with Crippen molar-refractivity contribution in [3.63, 3.8) is 0 Å². The van der Waals surface area contributed by atoms with E-state index in [0.29, 0.717) is 6.61 Å². The van der Waals surface area contributed by atoms with Gasteiger partial charge in [-0.1, -0.05) is 26.0 Å². The Labute approximate surface area is 106 Å². The molecule has 0 N–H and O–H groups in total. The predicted molar refractivity (Wildman–Crippen MR) is 72.9 cm³/mol. The standard InChI is InChI=1S/C13H18N2OS/c1-3-15(4-2)9-10-16-13-11-7-5-6-8-12(11)17-14-13/h5-8H,3-4,9-10H2,1-2H3. The number of hydrogen-bond acceptors (Lipinski definition) is 4. The molecule has 0 amide bonds. The Kier molecular flexibility index (Phi) is 4.34. The molecule has 1 aromatic heterocycles. The minimum Gasteiger partial charge on any atom is -0.475 e. The van der Waals surface area contributed by atoms with Gasteiger partial charge in [0.2, 0.25) is 5.88 Å². The van der Waals surface area contributed by atoms with Crippen LogP contribution in [0.15, 0.2) is 24.3 Å². The zero-order valence-corrected chi connectivity index (χ0v) is 11.2. The summed E-state index contributed by atoms with van der Waals surface area (Å²) in [6.07, 6.45) is 0. The number of aromatic nitrogens is 1. The third-order valence-corrected chi connectivity index (χ3v) is 3.69. The summed E-state index contributed by atoms with van der Waals surface area (Å²) >= 11 is 1.50. The van der Waals surface area contributed by atoms with Crippen LogP contribution in [0.25, 0.3) is 10.1 Å². The number of ether oxygens (including phenoxy) is 1. The summed E-state index contributed by atoms with van der Waals surface area (Å²) in [6.45, 7) is 8.13. The number of benzene rings is 1. The zero-order valence-electron chi connectivity index (χ0n) is 10.3. The smallest absolute Gasteiger partial charge is 0.233 e. The van der Waals surface area contributed by atoms with Crippen LogP contribution in [0, 0.1) is 0 Å². The molecule has 0 atom stereocenters. The Morgan fingerprint density at radius 1 is 1.24 bits per heavy atom. The second-order valence-electron chi connectivity index (χ2n) is 3.86. The van der Waals surface area contributed by atoms with Crippen LogP contribution >= 0.6 is 11.5 Å². The van der Waals surface area contributed by atoms with E-state index in [-0.39, 0.29) is 0 Å². The van der Waals surface area contributed by atoms with E-state index in [4.69, 9.17) is 4.74 Å². The molecule has 3 nitrogen and oxygen atoms in total. The topological polar surface area (TPSA) is 25.4 Å². The average Bonchev–Trinajstić information content (AvgIpc) is 2.78. The average molecular weight is 250 g/mol. The van der Waals surface area contributed by atoms with Gasteiger partial charge in [0.1, 0.15) is 6.61 Å². The first-order chi connectivity index (χ1) is 8.35. The van der Waals surface area contributed by atoms with Crippen molar-refractivity contribution in [3.8, 4) is 5.88 Å². The fraction of sp³-hybridized carbons (Fsp3) is 0.462. The molecule has 17 heavy (non-hydrogen) atoms. The van der Waals surface area contributed by atoms with Crippen LogP contribution in [-0.2, 0) is 0 Å². The number of fused-ring (bicyclic) bond motifs is 1. The second kappa shape index (κ2) is 5.98. The lowest BCUT2D eigenvalue weighted by Gasteiger charge is -2.17. The van der Waals surface area contributed by atoms with E-state index in [2.05, 4.69) is 35.3 Å². The SMILES string of the molecule is CCN(CC)CCOc1nsc2ccccc12. The Balaban J connectivity index is 1.95. The van der Waals surface area contributed by atoms with Crippen LogP contribution in [0.3, 0.4) is 0 Å². The molecular formula is C13H18N2OS. The normalized spacial score (nSPS) is 11.2. The summed E-state index contributed by atoms with van der Waals surface area (Å²) in [5, 5.41) is 1.12. The van der Waals surface area contributed by atoms with Crippen LogP contribution < -0.4 is 4.74 Å². The number of rotatable bonds is 6. The van der Waals surface area contributed by atoms with Crippen molar-refractivity contribution in [2.45, 2.75) is 13.8 Å². The van der Waals surface area contributed by atoms with Gasteiger partial charge in [0.05, 0.1) is 10.1 Å². The molecule has 92 valence electrons. The van der Waals surface area contributed by atoms with Gasteiger partial charge < -0.3 is 9.64 Å². The first-order valence-corrected chi connectivity index (χ1v) is 6.82. The van der Waals surface area contributed by atoms with Crippen molar-refractivity contribution in [1.29, 1.82) is 0 Å². The minimum absolute atomic E-state index is 0.704. The van der Waals surface area contributed by atoms with E-state index >= 15 is 0 Å². The van der Waals surface area contributed by atoms with Gasteiger partial charge in [0.25, 0.3) is 0 Å². The largest absolute Gasteiger partial charge is 0.475 e. The quantitative estimate of drug-likeness (QED) is 0.788. The zero-order chi connectivity index (χ0) is 12.1. The number of hydrogen-bond donors (Lipinski definition) is 0. The van der Waals surface area contributed by atoms with Crippen LogP contribution in [-0.4, -0.2) is 35.5 Å². The molecule has 0 aliphatic rings. The van der Waals surface area contributed by atoms with Gasteiger partial charge in [-0.25, -0.2) is 0 Å². The molecule has 0 saturated carbocycles. The summed E-state index contributed by atoms with van der Waals surface area (Å²) in [6, 6.07) is 8.18. The molecule has 2 aromatic rings. The first-order valence-electron chi connectivity index (χ1n) is 6.04. The Hall–Kier alpha value is -1.13. The molecule has 0 bridgehead atoms. The van der Waals surface area contributed by atoms with Gasteiger partial charge >= 0.3 is 0 Å². The van der Waals surface area contributed by atoms with Crippen molar-refractivity contribution in [2.75, 3.05) is 26.2 Å². The maximum Gasteiger partial charge on any atom is 0.233 e. The van der Waals surface area contributed by atoms with Crippen LogP contribution in [0.2, 0.25) is 0 Å². The van der Waals surface area contributed by atoms with E-state index in [9.17, 15) is 0 Å². The Morgan fingerprint density at radius 2 is 2.00 bits per heavy atom. The van der Waals surface area contributed by atoms with Gasteiger partial charge in [0, 0.05) is 6.54 Å². The van der Waals surface area contributed by atoms with Gasteiger partial charge in [-0.05, 0) is 36.8 Å². The predicted octanol–water partition coefficient (Wildman–Crippen LogP) is 3.02. The summed E-state index contributed by atoms with van der Waals surface area (Å²) in [5.74, 6) is 0.776. The van der Waals surface area contributed by atoms with E-state index in [0.717, 1.165) is 30.9 Å². The monoisotopic (exact) mass is 250 g/mol. The number of likely N-dealkylation sites (N-methyl/N-ethyl adjacent to an activating group) is 1. The molecule has 0 radical (unpaired) electrons. The summed E-state index contributed by atoms with van der Waals surface area (Å²) in [5.41, 5.74) is 0. The fourth-order valence-electron chi connectivity index (χ4n) is 1.78. The third kappa shape index (κ3) is 2.96. The van der Waals surface area contributed by atoms with Crippen LogP contribution in [0.4, 0.5) is 0 Å². The van der Waals surface area contributed by atoms with Gasteiger partial charge in [-0.3, -0.25) is 0 Å². The maximum absolute atomic E-state index is 5.75. The highest BCUT2D eigenvalue weighted by Crippen LogP contribution is 2.27. The summed E-state index contributed by atoms with van der Waals surface area (Å²) in [4.78, 5) is 2.34. The van der Waals surface area contributed by atoms with Gasteiger partial charge in [0.15, 0.2) is 0 Å². The molecule has 1 aromatic carbocycles. The molecule has 2 rings (SSSR count). The highest BCUT2D eigenvalue weighted by molar-refractivity contribution is 7.13. The van der Waals surface area contributed by atoms with E-state index in [1.54, 1.807) is 0 Å². The number of nitrogens with zero attached hydrogens (tertiary/aromatic N) is 2. The highest BCUT2D eigenvalue weighted by atomic mass is 32.1. The molecule has 0 aliphatic carbocycles. The molecule has 0 unspecified atom stereocenters. The van der Waals surface area contributed by atoms with E-state index in [1.807, 2.05) is 12.1 Å². The lowest BCUT2D eigenvalue weighted by atomic mass is 10.3. The van der Waals surface area contributed by atoms with Crippen molar-refractivity contribution in [1.82, 2.24) is 9.27 Å². The maximum atomic E-state index is 5.75. The summed E-state index contributed by atoms with van der Waals surface area (Å²) in [7, 11) is 0. The molecule has 4 heteroatoms. The van der Waals surface area contributed by atoms with Gasteiger partial charge in [-0.2, -0.15) is 4.37 Å². The Bertz CT molecular complexity index is 465. The van der Waals surface area contributed by atoms with Crippen molar-refractivity contribution >= 4 is 21.6 Å². The molecular weight excluding hydrogens is 232 g/mol. The third-order valence-electron chi connectivity index (χ3n) is 2.89. The van der Waals surface area contributed by atoms with E-state index in [1.165, 1.54) is 16.2 Å². The minimum atomic E-state index is 0.704. The molecule has 1 heterocycles. The Morgan fingerprint density at radius 3 is 2.76 bits per heavy atom. The highest BCUT2D eigenvalue weighted by Gasteiger charge is 2.06. The molecule has 0 saturated heterocycles. The lowest BCUT2D eigenvalue weighted by Crippen LogP contribution is -2.27. The molecule has 0 spiro atoms. The lowest BCUT2D eigenvalue weighted by molar-refractivity contribution is 0.220. The van der Waals surface area contributed by atoms with Crippen LogP contribution in [0.1, 0.15) is 13.8 Å². The van der Waals surface area contributed by atoms with Crippen molar-refractivity contribution in [2.24, 2.45) is 0 Å². The summed E-state index contributed by atoms with van der Waals surface area (Å²) < 4.78 is 11.3. The van der Waals surface area contributed by atoms with Crippen molar-refractivity contribution in [3.05, 3.63) is 24.3 Å². The van der Waals surface area contributed by atoms with Crippen molar-refractivity contribution < 1.29 is 4.74 Å².